The molecule has 3 aromatic rings. The van der Waals surface area contributed by atoms with Crippen LogP contribution in [0.3, 0.4) is 0 Å². The lowest BCUT2D eigenvalue weighted by atomic mass is 10.1. The first kappa shape index (κ1) is 15.7. The Morgan fingerprint density at radius 3 is 2.96 bits per heavy atom. The minimum Gasteiger partial charge on any atom is -0.491 e. The molecule has 2 atom stereocenters. The van der Waals surface area contributed by atoms with E-state index in [-0.39, 0.29) is 0 Å². The highest BCUT2D eigenvalue weighted by atomic mass is 35.5. The number of aromatic nitrogens is 1. The second-order valence-corrected chi connectivity index (χ2v) is 6.83. The fourth-order valence-electron chi connectivity index (χ4n) is 2.85. The summed E-state index contributed by atoms with van der Waals surface area (Å²) in [6.45, 7) is 2.52. The molecular formula is C19H16Cl2N2O. The van der Waals surface area contributed by atoms with E-state index in [4.69, 9.17) is 27.9 Å². The number of benzene rings is 2. The van der Waals surface area contributed by atoms with Gasteiger partial charge in [-0.2, -0.15) is 0 Å². The van der Waals surface area contributed by atoms with Gasteiger partial charge in [-0.05, 0) is 29.8 Å². The summed E-state index contributed by atoms with van der Waals surface area (Å²) in [5, 5.41) is 3.58. The molecule has 2 aromatic carbocycles. The molecule has 122 valence electrons. The van der Waals surface area contributed by atoms with E-state index in [0.717, 1.165) is 40.2 Å². The Balaban J connectivity index is 1.38. The molecule has 0 N–H and O–H groups in total. The van der Waals surface area contributed by atoms with Gasteiger partial charge in [0.1, 0.15) is 12.4 Å². The van der Waals surface area contributed by atoms with E-state index in [2.05, 4.69) is 9.88 Å². The Kier molecular flexibility index (Phi) is 4.31. The summed E-state index contributed by atoms with van der Waals surface area (Å²) in [6.07, 6.45) is 3.65. The average Bonchev–Trinajstić information content (AvgIpc) is 3.33. The molecule has 1 saturated heterocycles. The van der Waals surface area contributed by atoms with E-state index in [0.29, 0.717) is 17.7 Å². The largest absolute Gasteiger partial charge is 0.491 e. The number of fused-ring (bicyclic) bond motifs is 1. The standard InChI is InChI=1S/C19H16Cl2N2O/c20-15-5-4-14(18(21)8-15)10-23-11-16(23)12-24-19-3-1-2-13-9-22-7-6-17(13)19/h1-9,16H,10-12H2. The summed E-state index contributed by atoms with van der Waals surface area (Å²) in [5.74, 6) is 0.909. The van der Waals surface area contributed by atoms with E-state index in [9.17, 15) is 0 Å². The van der Waals surface area contributed by atoms with Crippen LogP contribution in [0.5, 0.6) is 5.75 Å². The zero-order valence-electron chi connectivity index (χ0n) is 13.0. The summed E-state index contributed by atoms with van der Waals surface area (Å²) in [4.78, 5) is 6.48. The van der Waals surface area contributed by atoms with Gasteiger partial charge in [0.15, 0.2) is 0 Å². The maximum atomic E-state index is 6.24. The topological polar surface area (TPSA) is 25.1 Å². The average molecular weight is 359 g/mol. The van der Waals surface area contributed by atoms with Crippen molar-refractivity contribution in [2.45, 2.75) is 12.6 Å². The number of hydrogen-bond donors (Lipinski definition) is 0. The van der Waals surface area contributed by atoms with Gasteiger partial charge in [0, 0.05) is 46.3 Å². The SMILES string of the molecule is Clc1ccc(CN2CC2COc2cccc3cnccc23)c(Cl)c1. The van der Waals surface area contributed by atoms with Gasteiger partial charge in [-0.15, -0.1) is 0 Å². The van der Waals surface area contributed by atoms with Gasteiger partial charge >= 0.3 is 0 Å². The van der Waals surface area contributed by atoms with Crippen LogP contribution in [0, 0.1) is 0 Å². The Morgan fingerprint density at radius 1 is 1.17 bits per heavy atom. The van der Waals surface area contributed by atoms with Crippen molar-refractivity contribution < 1.29 is 4.74 Å². The fraction of sp³-hybridized carbons (Fsp3) is 0.211. The van der Waals surface area contributed by atoms with E-state index >= 15 is 0 Å². The first-order valence-electron chi connectivity index (χ1n) is 7.84. The molecule has 2 heterocycles. The predicted octanol–water partition coefficient (Wildman–Crippen LogP) is 4.80. The summed E-state index contributed by atoms with van der Waals surface area (Å²) < 4.78 is 6.04. The molecular weight excluding hydrogens is 343 g/mol. The highest BCUT2D eigenvalue weighted by Gasteiger charge is 2.34. The van der Waals surface area contributed by atoms with Crippen LogP contribution in [-0.2, 0) is 6.54 Å². The molecule has 1 aliphatic rings. The lowest BCUT2D eigenvalue weighted by Gasteiger charge is -2.10. The van der Waals surface area contributed by atoms with Gasteiger partial charge < -0.3 is 4.74 Å². The maximum absolute atomic E-state index is 6.24. The number of hydrogen-bond acceptors (Lipinski definition) is 3. The van der Waals surface area contributed by atoms with Gasteiger partial charge in [-0.1, -0.05) is 41.4 Å². The van der Waals surface area contributed by atoms with Crippen LogP contribution in [0.2, 0.25) is 10.0 Å². The van der Waals surface area contributed by atoms with Crippen LogP contribution >= 0.6 is 23.2 Å². The quantitative estimate of drug-likeness (QED) is 0.612. The molecule has 0 bridgehead atoms. The highest BCUT2D eigenvalue weighted by molar-refractivity contribution is 6.35. The molecule has 0 aliphatic carbocycles. The molecule has 1 aromatic heterocycles. The molecule has 2 unspecified atom stereocenters. The number of pyridine rings is 1. The van der Waals surface area contributed by atoms with Crippen LogP contribution in [0.15, 0.2) is 54.9 Å². The summed E-state index contributed by atoms with van der Waals surface area (Å²) in [7, 11) is 0. The molecule has 4 rings (SSSR count). The lowest BCUT2D eigenvalue weighted by molar-refractivity contribution is 0.296. The molecule has 0 radical (unpaired) electrons. The van der Waals surface area contributed by atoms with Crippen LogP contribution in [0.25, 0.3) is 10.8 Å². The van der Waals surface area contributed by atoms with Gasteiger partial charge in [0.05, 0.1) is 6.04 Å². The Morgan fingerprint density at radius 2 is 2.08 bits per heavy atom. The normalized spacial score (nSPS) is 19.4. The van der Waals surface area contributed by atoms with E-state index in [1.165, 1.54) is 0 Å². The van der Waals surface area contributed by atoms with E-state index in [1.54, 1.807) is 12.3 Å². The second kappa shape index (κ2) is 6.60. The minimum absolute atomic E-state index is 0.425. The maximum Gasteiger partial charge on any atom is 0.127 e. The summed E-state index contributed by atoms with van der Waals surface area (Å²) in [6, 6.07) is 14.1. The molecule has 0 amide bonds. The molecule has 0 spiro atoms. The third-order valence-corrected chi connectivity index (χ3v) is 4.88. The monoisotopic (exact) mass is 358 g/mol. The van der Waals surface area contributed by atoms with E-state index in [1.807, 2.05) is 42.6 Å². The lowest BCUT2D eigenvalue weighted by Crippen LogP contribution is -2.11. The number of nitrogens with zero attached hydrogens (tertiary/aromatic N) is 2. The number of ether oxygens (including phenoxy) is 1. The Bertz CT molecular complexity index is 879. The summed E-state index contributed by atoms with van der Waals surface area (Å²) >= 11 is 12.2. The van der Waals surface area contributed by atoms with Gasteiger partial charge in [-0.25, -0.2) is 0 Å². The number of halogens is 2. The number of rotatable bonds is 5. The van der Waals surface area contributed by atoms with Crippen molar-refractivity contribution in [1.29, 1.82) is 0 Å². The van der Waals surface area contributed by atoms with Crippen molar-refractivity contribution in [2.75, 3.05) is 13.2 Å². The Labute approximate surface area is 150 Å². The molecule has 3 nitrogen and oxygen atoms in total. The predicted molar refractivity (Wildman–Crippen MR) is 97.9 cm³/mol. The van der Waals surface area contributed by atoms with Crippen molar-refractivity contribution in [1.82, 2.24) is 9.88 Å². The molecule has 0 saturated carbocycles. The smallest absolute Gasteiger partial charge is 0.127 e. The van der Waals surface area contributed by atoms with Gasteiger partial charge in [-0.3, -0.25) is 9.88 Å². The Hall–Kier alpha value is -1.81. The van der Waals surface area contributed by atoms with Crippen molar-refractivity contribution in [3.8, 4) is 5.75 Å². The minimum atomic E-state index is 0.425. The second-order valence-electron chi connectivity index (χ2n) is 5.98. The first-order chi connectivity index (χ1) is 11.7. The highest BCUT2D eigenvalue weighted by Crippen LogP contribution is 2.29. The van der Waals surface area contributed by atoms with Gasteiger partial charge in [0.2, 0.25) is 0 Å². The van der Waals surface area contributed by atoms with Crippen LogP contribution in [-0.4, -0.2) is 29.1 Å². The van der Waals surface area contributed by atoms with E-state index < -0.39 is 0 Å². The molecule has 1 aliphatic heterocycles. The third-order valence-electron chi connectivity index (χ3n) is 4.29. The van der Waals surface area contributed by atoms with Crippen molar-refractivity contribution in [3.63, 3.8) is 0 Å². The first-order valence-corrected chi connectivity index (χ1v) is 8.60. The summed E-state index contributed by atoms with van der Waals surface area (Å²) in [5.41, 5.74) is 1.10. The van der Waals surface area contributed by atoms with Crippen molar-refractivity contribution in [3.05, 3.63) is 70.5 Å². The molecule has 24 heavy (non-hydrogen) atoms. The molecule has 5 heteroatoms. The zero-order valence-corrected chi connectivity index (χ0v) is 14.5. The fourth-order valence-corrected chi connectivity index (χ4v) is 3.32. The third kappa shape index (κ3) is 3.34. The van der Waals surface area contributed by atoms with Crippen LogP contribution in [0.1, 0.15) is 5.56 Å². The van der Waals surface area contributed by atoms with Crippen molar-refractivity contribution in [2.24, 2.45) is 0 Å². The van der Waals surface area contributed by atoms with Crippen molar-refractivity contribution >= 4 is 34.0 Å². The molecule has 1 fully saturated rings. The van der Waals surface area contributed by atoms with Crippen LogP contribution in [0.4, 0.5) is 0 Å². The van der Waals surface area contributed by atoms with Gasteiger partial charge in [0.25, 0.3) is 0 Å². The zero-order chi connectivity index (χ0) is 16.5. The van der Waals surface area contributed by atoms with Crippen LogP contribution < -0.4 is 4.74 Å².